The van der Waals surface area contributed by atoms with E-state index in [-0.39, 0.29) is 5.91 Å². The maximum absolute atomic E-state index is 11.1. The van der Waals surface area contributed by atoms with Crippen LogP contribution in [0.15, 0.2) is 30.5 Å². The van der Waals surface area contributed by atoms with Gasteiger partial charge in [-0.3, -0.25) is 4.79 Å². The van der Waals surface area contributed by atoms with Gasteiger partial charge in [0, 0.05) is 50.7 Å². The van der Waals surface area contributed by atoms with Crippen molar-refractivity contribution in [2.75, 3.05) is 13.6 Å². The highest BCUT2D eigenvalue weighted by atomic mass is 16.1. The third-order valence-corrected chi connectivity index (χ3v) is 3.10. The molecule has 0 bridgehead atoms. The first-order valence-electron chi connectivity index (χ1n) is 6.16. The summed E-state index contributed by atoms with van der Waals surface area (Å²) in [5.41, 5.74) is 2.51. The van der Waals surface area contributed by atoms with Gasteiger partial charge in [0.1, 0.15) is 0 Å². The molecule has 0 aliphatic carbocycles. The quantitative estimate of drug-likeness (QED) is 0.782. The number of para-hydroxylation sites is 1. The smallest absolute Gasteiger partial charge is 0.221 e. The lowest BCUT2D eigenvalue weighted by molar-refractivity contribution is -0.120. The zero-order chi connectivity index (χ0) is 13.0. The van der Waals surface area contributed by atoms with Crippen LogP contribution in [0, 0.1) is 0 Å². The Balaban J connectivity index is 1.98. The zero-order valence-electron chi connectivity index (χ0n) is 10.9. The molecule has 1 aromatic carbocycles. The number of benzene rings is 1. The number of carbonyl (C=O) groups is 1. The SMILES string of the molecule is CNC(=O)CCNCc1cn(C)c2ccccc12. The van der Waals surface area contributed by atoms with Gasteiger partial charge in [0.05, 0.1) is 0 Å². The van der Waals surface area contributed by atoms with Crippen LogP contribution in [0.2, 0.25) is 0 Å². The molecule has 0 unspecified atom stereocenters. The Hall–Kier alpha value is -1.81. The van der Waals surface area contributed by atoms with Crippen molar-refractivity contribution in [3.8, 4) is 0 Å². The van der Waals surface area contributed by atoms with Crippen molar-refractivity contribution in [2.45, 2.75) is 13.0 Å². The number of amides is 1. The predicted octanol–water partition coefficient (Wildman–Crippen LogP) is 1.40. The molecule has 1 heterocycles. The van der Waals surface area contributed by atoms with Crippen LogP contribution in [-0.2, 0) is 18.4 Å². The summed E-state index contributed by atoms with van der Waals surface area (Å²) in [5.74, 6) is 0.0698. The van der Waals surface area contributed by atoms with Crippen molar-refractivity contribution in [3.05, 3.63) is 36.0 Å². The monoisotopic (exact) mass is 245 g/mol. The maximum atomic E-state index is 11.1. The van der Waals surface area contributed by atoms with E-state index in [4.69, 9.17) is 0 Å². The molecule has 2 N–H and O–H groups in total. The summed E-state index contributed by atoms with van der Waals surface area (Å²) in [6.45, 7) is 1.49. The second kappa shape index (κ2) is 5.69. The molecule has 0 radical (unpaired) electrons. The maximum Gasteiger partial charge on any atom is 0.221 e. The molecular weight excluding hydrogens is 226 g/mol. The molecule has 0 saturated heterocycles. The van der Waals surface area contributed by atoms with Gasteiger partial charge < -0.3 is 15.2 Å². The van der Waals surface area contributed by atoms with Gasteiger partial charge in [-0.25, -0.2) is 0 Å². The fraction of sp³-hybridized carbons (Fsp3) is 0.357. The van der Waals surface area contributed by atoms with Crippen LogP contribution in [0.3, 0.4) is 0 Å². The second-order valence-electron chi connectivity index (χ2n) is 4.38. The van der Waals surface area contributed by atoms with Gasteiger partial charge in [-0.15, -0.1) is 0 Å². The van der Waals surface area contributed by atoms with E-state index in [1.54, 1.807) is 7.05 Å². The Morgan fingerprint density at radius 1 is 1.33 bits per heavy atom. The topological polar surface area (TPSA) is 46.1 Å². The van der Waals surface area contributed by atoms with E-state index >= 15 is 0 Å². The van der Waals surface area contributed by atoms with Crippen LogP contribution in [0.5, 0.6) is 0 Å². The summed E-state index contributed by atoms with van der Waals surface area (Å²) in [7, 11) is 3.71. The van der Waals surface area contributed by atoms with E-state index in [1.807, 2.05) is 6.07 Å². The largest absolute Gasteiger partial charge is 0.359 e. The summed E-state index contributed by atoms with van der Waals surface area (Å²) in [6, 6.07) is 8.34. The van der Waals surface area contributed by atoms with Crippen LogP contribution in [0.1, 0.15) is 12.0 Å². The van der Waals surface area contributed by atoms with E-state index in [1.165, 1.54) is 16.5 Å². The minimum absolute atomic E-state index is 0.0698. The normalized spacial score (nSPS) is 10.8. The number of rotatable bonds is 5. The summed E-state index contributed by atoms with van der Waals surface area (Å²) in [6.07, 6.45) is 2.65. The number of hydrogen-bond acceptors (Lipinski definition) is 2. The van der Waals surface area contributed by atoms with Crippen LogP contribution in [-0.4, -0.2) is 24.1 Å². The van der Waals surface area contributed by atoms with Crippen LogP contribution < -0.4 is 10.6 Å². The second-order valence-corrected chi connectivity index (χ2v) is 4.38. The zero-order valence-corrected chi connectivity index (χ0v) is 10.9. The van der Waals surface area contributed by atoms with E-state index in [0.717, 1.165) is 6.54 Å². The lowest BCUT2D eigenvalue weighted by Gasteiger charge is -2.03. The Labute approximate surface area is 107 Å². The number of fused-ring (bicyclic) bond motifs is 1. The Morgan fingerprint density at radius 3 is 2.89 bits per heavy atom. The Kier molecular flexibility index (Phi) is 3.99. The van der Waals surface area contributed by atoms with Gasteiger partial charge in [0.25, 0.3) is 0 Å². The van der Waals surface area contributed by atoms with Gasteiger partial charge in [-0.05, 0) is 11.6 Å². The first kappa shape index (κ1) is 12.6. The highest BCUT2D eigenvalue weighted by Gasteiger charge is 2.05. The Morgan fingerprint density at radius 2 is 2.11 bits per heavy atom. The first-order chi connectivity index (χ1) is 8.72. The minimum Gasteiger partial charge on any atom is -0.359 e. The molecule has 0 fully saturated rings. The molecule has 1 amide bonds. The van der Waals surface area contributed by atoms with E-state index < -0.39 is 0 Å². The van der Waals surface area contributed by atoms with Crippen molar-refractivity contribution in [1.82, 2.24) is 15.2 Å². The molecule has 2 aromatic rings. The average Bonchev–Trinajstić information content (AvgIpc) is 2.72. The molecule has 0 aliphatic rings. The van der Waals surface area contributed by atoms with Crippen molar-refractivity contribution in [1.29, 1.82) is 0 Å². The third kappa shape index (κ3) is 2.71. The molecule has 0 saturated carbocycles. The molecule has 2 rings (SSSR count). The van der Waals surface area contributed by atoms with Crippen LogP contribution >= 0.6 is 0 Å². The van der Waals surface area contributed by atoms with Crippen LogP contribution in [0.25, 0.3) is 10.9 Å². The van der Waals surface area contributed by atoms with E-state index in [9.17, 15) is 4.79 Å². The minimum atomic E-state index is 0.0698. The average molecular weight is 245 g/mol. The summed E-state index contributed by atoms with van der Waals surface area (Å²) < 4.78 is 2.13. The fourth-order valence-corrected chi connectivity index (χ4v) is 2.12. The Bertz CT molecular complexity index is 545. The standard InChI is InChI=1S/C14H19N3O/c1-15-14(18)7-8-16-9-11-10-17(2)13-6-4-3-5-12(11)13/h3-6,10,16H,7-9H2,1-2H3,(H,15,18). The highest BCUT2D eigenvalue weighted by molar-refractivity contribution is 5.83. The molecule has 0 aliphatic heterocycles. The third-order valence-electron chi connectivity index (χ3n) is 3.10. The molecule has 4 nitrogen and oxygen atoms in total. The van der Waals surface area contributed by atoms with Crippen molar-refractivity contribution in [3.63, 3.8) is 0 Å². The number of hydrogen-bond donors (Lipinski definition) is 2. The molecular formula is C14H19N3O. The van der Waals surface area contributed by atoms with Gasteiger partial charge in [-0.2, -0.15) is 0 Å². The summed E-state index contributed by atoms with van der Waals surface area (Å²) >= 11 is 0. The van der Waals surface area contributed by atoms with Crippen molar-refractivity contribution < 1.29 is 4.79 Å². The number of carbonyl (C=O) groups excluding carboxylic acids is 1. The number of aromatic nitrogens is 1. The molecule has 4 heteroatoms. The van der Waals surface area contributed by atoms with Gasteiger partial charge in [-0.1, -0.05) is 18.2 Å². The molecule has 96 valence electrons. The lowest BCUT2D eigenvalue weighted by atomic mass is 10.2. The fourth-order valence-electron chi connectivity index (χ4n) is 2.12. The van der Waals surface area contributed by atoms with Crippen molar-refractivity contribution >= 4 is 16.8 Å². The summed E-state index contributed by atoms with van der Waals surface area (Å²) in [4.78, 5) is 11.1. The van der Waals surface area contributed by atoms with E-state index in [2.05, 4.69) is 46.6 Å². The number of nitrogens with one attached hydrogen (secondary N) is 2. The predicted molar refractivity (Wildman–Crippen MR) is 73.3 cm³/mol. The molecule has 0 spiro atoms. The van der Waals surface area contributed by atoms with Gasteiger partial charge in [0.15, 0.2) is 0 Å². The lowest BCUT2D eigenvalue weighted by Crippen LogP contribution is -2.24. The van der Waals surface area contributed by atoms with E-state index in [0.29, 0.717) is 13.0 Å². The van der Waals surface area contributed by atoms with Gasteiger partial charge >= 0.3 is 0 Å². The molecule has 18 heavy (non-hydrogen) atoms. The summed E-state index contributed by atoms with van der Waals surface area (Å²) in [5, 5.41) is 7.18. The molecule has 0 atom stereocenters. The van der Waals surface area contributed by atoms with Gasteiger partial charge in [0.2, 0.25) is 5.91 Å². The van der Waals surface area contributed by atoms with Crippen molar-refractivity contribution in [2.24, 2.45) is 7.05 Å². The first-order valence-corrected chi connectivity index (χ1v) is 6.16. The number of aryl methyl sites for hydroxylation is 1. The van der Waals surface area contributed by atoms with Crippen LogP contribution in [0.4, 0.5) is 0 Å². The highest BCUT2D eigenvalue weighted by Crippen LogP contribution is 2.19. The molecule has 1 aromatic heterocycles. The number of nitrogens with zero attached hydrogens (tertiary/aromatic N) is 1.